The van der Waals surface area contributed by atoms with Gasteiger partial charge in [0.2, 0.25) is 0 Å². The number of fused-ring (bicyclic) bond motifs is 4. The van der Waals surface area contributed by atoms with Gasteiger partial charge in [-0.05, 0) is 39.4 Å². The van der Waals surface area contributed by atoms with Crippen LogP contribution in [0.2, 0.25) is 0 Å². The summed E-state index contributed by atoms with van der Waals surface area (Å²) < 4.78 is 1.97. The summed E-state index contributed by atoms with van der Waals surface area (Å²) in [5.41, 5.74) is 2.89. The van der Waals surface area contributed by atoms with E-state index in [1.165, 1.54) is 11.3 Å². The lowest BCUT2D eigenvalue weighted by Crippen LogP contribution is -2.49. The van der Waals surface area contributed by atoms with Gasteiger partial charge in [-0.3, -0.25) is 9.59 Å². The van der Waals surface area contributed by atoms with Gasteiger partial charge in [-0.15, -0.1) is 11.3 Å². The van der Waals surface area contributed by atoms with E-state index in [0.717, 1.165) is 33.3 Å². The average molecular weight is 415 g/mol. The standard InChI is InChI=1S/C22H30N4O2S/c1-13(2)20-23-14(3)19(29-20)22(28)25-9-15-8-17(12-25)18-7-6-16(11-24(4)5)21(27)26(18)10-15/h6-7,13,15,17H,8-12H2,1-5H3/t15-,17+/m0/s1. The monoisotopic (exact) mass is 414 g/mol. The van der Waals surface area contributed by atoms with Crippen molar-refractivity contribution in [2.75, 3.05) is 27.2 Å². The quantitative estimate of drug-likeness (QED) is 0.772. The molecule has 156 valence electrons. The molecule has 2 aliphatic heterocycles. The summed E-state index contributed by atoms with van der Waals surface area (Å²) in [5, 5.41) is 1.02. The van der Waals surface area contributed by atoms with Crippen molar-refractivity contribution in [3.63, 3.8) is 0 Å². The fourth-order valence-electron chi connectivity index (χ4n) is 4.62. The van der Waals surface area contributed by atoms with Gasteiger partial charge >= 0.3 is 0 Å². The first kappa shape index (κ1) is 20.3. The van der Waals surface area contributed by atoms with Crippen molar-refractivity contribution < 1.29 is 4.79 Å². The highest BCUT2D eigenvalue weighted by molar-refractivity contribution is 7.13. The summed E-state index contributed by atoms with van der Waals surface area (Å²) in [6.07, 6.45) is 1.05. The van der Waals surface area contributed by atoms with E-state index in [2.05, 4.69) is 24.9 Å². The van der Waals surface area contributed by atoms with Crippen LogP contribution in [0, 0.1) is 12.8 Å². The summed E-state index contributed by atoms with van der Waals surface area (Å²) in [4.78, 5) is 35.6. The molecule has 29 heavy (non-hydrogen) atoms. The predicted molar refractivity (Wildman–Crippen MR) is 116 cm³/mol. The minimum atomic E-state index is 0.0987. The number of piperidine rings is 1. The molecule has 0 N–H and O–H groups in total. The normalized spacial score (nSPS) is 21.0. The lowest BCUT2D eigenvalue weighted by atomic mass is 9.83. The van der Waals surface area contributed by atoms with Crippen LogP contribution in [0.25, 0.3) is 0 Å². The Morgan fingerprint density at radius 2 is 2.03 bits per heavy atom. The number of aromatic nitrogens is 2. The van der Waals surface area contributed by atoms with Gasteiger partial charge in [-0.2, -0.15) is 0 Å². The first-order valence-electron chi connectivity index (χ1n) is 10.4. The number of pyridine rings is 1. The second-order valence-corrected chi connectivity index (χ2v) is 10.1. The summed E-state index contributed by atoms with van der Waals surface area (Å²) in [6, 6.07) is 4.07. The van der Waals surface area contributed by atoms with Crippen molar-refractivity contribution in [2.45, 2.75) is 52.1 Å². The second-order valence-electron chi connectivity index (χ2n) is 9.07. The van der Waals surface area contributed by atoms with E-state index < -0.39 is 0 Å². The Morgan fingerprint density at radius 1 is 1.28 bits per heavy atom. The molecule has 0 radical (unpaired) electrons. The number of carbonyl (C=O) groups excluding carboxylic acids is 1. The maximum atomic E-state index is 13.3. The third-order valence-corrected chi connectivity index (χ3v) is 7.40. The number of carbonyl (C=O) groups is 1. The van der Waals surface area contributed by atoms with E-state index in [-0.39, 0.29) is 17.4 Å². The van der Waals surface area contributed by atoms with E-state index in [1.54, 1.807) is 0 Å². The van der Waals surface area contributed by atoms with E-state index in [1.807, 2.05) is 41.5 Å². The first-order chi connectivity index (χ1) is 13.7. The van der Waals surface area contributed by atoms with Crippen molar-refractivity contribution in [3.8, 4) is 0 Å². The molecule has 4 heterocycles. The fraction of sp³-hybridized carbons (Fsp3) is 0.591. The molecule has 2 aromatic heterocycles. The maximum absolute atomic E-state index is 13.3. The van der Waals surface area contributed by atoms with Gasteiger partial charge in [0.1, 0.15) is 4.88 Å². The maximum Gasteiger partial charge on any atom is 0.265 e. The van der Waals surface area contributed by atoms with Crippen LogP contribution in [0.5, 0.6) is 0 Å². The Bertz CT molecular complexity index is 991. The molecule has 1 fully saturated rings. The fourth-order valence-corrected chi connectivity index (χ4v) is 5.66. The Hall–Kier alpha value is -1.99. The number of aryl methyl sites for hydroxylation is 1. The number of nitrogens with zero attached hydrogens (tertiary/aromatic N) is 4. The van der Waals surface area contributed by atoms with Crippen LogP contribution in [0.1, 0.15) is 63.7 Å². The minimum Gasteiger partial charge on any atom is -0.337 e. The molecule has 0 saturated carbocycles. The lowest BCUT2D eigenvalue weighted by molar-refractivity contribution is 0.0598. The SMILES string of the molecule is Cc1nc(C(C)C)sc1C(=O)N1C[C@@H]2C[C@H](C1)c1ccc(CN(C)C)c(=O)n1C2. The summed E-state index contributed by atoms with van der Waals surface area (Å²) >= 11 is 1.53. The third kappa shape index (κ3) is 3.78. The Kier molecular flexibility index (Phi) is 5.38. The lowest BCUT2D eigenvalue weighted by Gasteiger charge is -2.42. The van der Waals surface area contributed by atoms with Crippen molar-refractivity contribution in [3.05, 3.63) is 49.3 Å². The van der Waals surface area contributed by atoms with Crippen LogP contribution in [0.15, 0.2) is 16.9 Å². The Morgan fingerprint density at radius 3 is 2.69 bits per heavy atom. The predicted octanol–water partition coefficient (Wildman–Crippen LogP) is 3.06. The second kappa shape index (κ2) is 7.69. The van der Waals surface area contributed by atoms with Crippen LogP contribution in [0.4, 0.5) is 0 Å². The number of hydrogen-bond donors (Lipinski definition) is 0. The molecule has 1 amide bonds. The zero-order valence-electron chi connectivity index (χ0n) is 17.9. The van der Waals surface area contributed by atoms with Crippen LogP contribution >= 0.6 is 11.3 Å². The van der Waals surface area contributed by atoms with Crippen molar-refractivity contribution in [1.29, 1.82) is 0 Å². The molecule has 4 rings (SSSR count). The van der Waals surface area contributed by atoms with Gasteiger partial charge in [0.25, 0.3) is 11.5 Å². The van der Waals surface area contributed by atoms with Crippen LogP contribution in [-0.4, -0.2) is 52.4 Å². The average Bonchev–Trinajstić information content (AvgIpc) is 3.05. The molecule has 0 aromatic carbocycles. The molecule has 2 aromatic rings. The largest absolute Gasteiger partial charge is 0.337 e. The van der Waals surface area contributed by atoms with Crippen LogP contribution in [0.3, 0.4) is 0 Å². The van der Waals surface area contributed by atoms with Crippen LogP contribution < -0.4 is 5.56 Å². The zero-order valence-corrected chi connectivity index (χ0v) is 18.8. The van der Waals surface area contributed by atoms with Gasteiger partial charge in [0, 0.05) is 49.3 Å². The molecular formula is C22H30N4O2S. The van der Waals surface area contributed by atoms with Gasteiger partial charge in [0.15, 0.2) is 0 Å². The molecule has 0 spiro atoms. The molecule has 2 bridgehead atoms. The number of hydrogen-bond acceptors (Lipinski definition) is 5. The number of likely N-dealkylation sites (tertiary alicyclic amines) is 1. The summed E-state index contributed by atoms with van der Waals surface area (Å²) in [7, 11) is 3.96. The van der Waals surface area contributed by atoms with Crippen LogP contribution in [-0.2, 0) is 13.1 Å². The molecule has 2 aliphatic rings. The Balaban J connectivity index is 1.60. The summed E-state index contributed by atoms with van der Waals surface area (Å²) in [6.45, 7) is 8.90. The Labute approximate surface area is 176 Å². The van der Waals surface area contributed by atoms with Crippen molar-refractivity contribution >= 4 is 17.2 Å². The highest BCUT2D eigenvalue weighted by atomic mass is 32.1. The van der Waals surface area contributed by atoms with E-state index >= 15 is 0 Å². The number of thiazole rings is 1. The van der Waals surface area contributed by atoms with Gasteiger partial charge < -0.3 is 14.4 Å². The van der Waals surface area contributed by atoms with E-state index in [4.69, 9.17) is 0 Å². The zero-order chi connectivity index (χ0) is 20.9. The first-order valence-corrected chi connectivity index (χ1v) is 11.2. The molecule has 6 nitrogen and oxygen atoms in total. The molecule has 0 aliphatic carbocycles. The highest BCUT2D eigenvalue weighted by Crippen LogP contribution is 2.36. The van der Waals surface area contributed by atoms with Crippen molar-refractivity contribution in [1.82, 2.24) is 19.4 Å². The summed E-state index contributed by atoms with van der Waals surface area (Å²) in [5.74, 6) is 0.985. The molecule has 0 unspecified atom stereocenters. The number of rotatable bonds is 4. The molecule has 7 heteroatoms. The van der Waals surface area contributed by atoms with Gasteiger partial charge in [0.05, 0.1) is 10.7 Å². The van der Waals surface area contributed by atoms with Crippen molar-refractivity contribution in [2.24, 2.45) is 5.92 Å². The topological polar surface area (TPSA) is 58.4 Å². The highest BCUT2D eigenvalue weighted by Gasteiger charge is 2.37. The smallest absolute Gasteiger partial charge is 0.265 e. The molecule has 1 saturated heterocycles. The number of amides is 1. The third-order valence-electron chi connectivity index (χ3n) is 5.96. The van der Waals surface area contributed by atoms with E-state index in [9.17, 15) is 9.59 Å². The van der Waals surface area contributed by atoms with Gasteiger partial charge in [-0.25, -0.2) is 4.98 Å². The minimum absolute atomic E-state index is 0.0987. The van der Waals surface area contributed by atoms with Gasteiger partial charge in [-0.1, -0.05) is 19.9 Å². The molecule has 2 atom stereocenters. The molecular weight excluding hydrogens is 384 g/mol. The van der Waals surface area contributed by atoms with E-state index in [0.29, 0.717) is 38.0 Å².